The first-order chi connectivity index (χ1) is 6.85. The van der Waals surface area contributed by atoms with E-state index >= 15 is 0 Å². The van der Waals surface area contributed by atoms with Crippen LogP contribution in [0.1, 0.15) is 19.8 Å². The molecule has 0 atom stereocenters. The summed E-state index contributed by atoms with van der Waals surface area (Å²) in [4.78, 5) is 5.22. The van der Waals surface area contributed by atoms with Crippen LogP contribution >= 0.6 is 12.4 Å². The van der Waals surface area contributed by atoms with Gasteiger partial charge < -0.3 is 14.9 Å². The predicted molar refractivity (Wildman–Crippen MR) is 59.8 cm³/mol. The van der Waals surface area contributed by atoms with Gasteiger partial charge in [-0.15, -0.1) is 12.4 Å². The van der Waals surface area contributed by atoms with E-state index in [0.29, 0.717) is 13.3 Å². The van der Waals surface area contributed by atoms with Crippen LogP contribution in [0, 0.1) is 0 Å². The molecule has 0 aliphatic carbocycles. The van der Waals surface area contributed by atoms with E-state index < -0.39 is 0 Å². The second-order valence-electron chi connectivity index (χ2n) is 2.88. The molecule has 94 valence electrons. The Hall–Kier alpha value is 0.0900. The third-order valence-corrected chi connectivity index (χ3v) is 1.60. The quantitative estimate of drug-likeness (QED) is 0.330. The minimum absolute atomic E-state index is 0. The van der Waals surface area contributed by atoms with Crippen molar-refractivity contribution in [2.75, 3.05) is 39.7 Å². The van der Waals surface area contributed by atoms with Gasteiger partial charge in [0.05, 0.1) is 26.4 Å². The van der Waals surface area contributed by atoms with Crippen LogP contribution in [0.2, 0.25) is 0 Å². The third kappa shape index (κ3) is 12.0. The molecule has 0 aliphatic rings. The first-order valence-corrected chi connectivity index (χ1v) is 5.02. The van der Waals surface area contributed by atoms with Gasteiger partial charge >= 0.3 is 0 Å². The largest absolute Gasteiger partial charge is 0.394 e. The maximum Gasteiger partial charge on any atom is 0.122 e. The number of rotatable bonds is 10. The topological polar surface area (TPSA) is 62.2 Å². The molecule has 6 heteroatoms. The molecule has 15 heavy (non-hydrogen) atoms. The number of hydrogen-bond acceptors (Lipinski definition) is 5. The zero-order valence-corrected chi connectivity index (χ0v) is 10.0. The molecule has 0 spiro atoms. The van der Waals surface area contributed by atoms with Crippen molar-refractivity contribution in [2.45, 2.75) is 19.8 Å². The molecule has 0 rings (SSSR count). The van der Waals surface area contributed by atoms with Gasteiger partial charge in [0.15, 0.2) is 0 Å². The Morgan fingerprint density at radius 3 is 2.33 bits per heavy atom. The van der Waals surface area contributed by atoms with Crippen LogP contribution in [0.5, 0.6) is 0 Å². The van der Waals surface area contributed by atoms with Gasteiger partial charge in [-0.1, -0.05) is 13.3 Å². The first kappa shape index (κ1) is 17.5. The Labute approximate surface area is 97.3 Å². The maximum atomic E-state index is 8.58. The Kier molecular flexibility index (Phi) is 16.4. The highest BCUT2D eigenvalue weighted by molar-refractivity contribution is 5.85. The summed E-state index contributed by atoms with van der Waals surface area (Å²) in [5, 5.41) is 18.7. The van der Waals surface area contributed by atoms with Crippen molar-refractivity contribution in [1.82, 2.24) is 5.06 Å². The predicted octanol–water partition coefficient (Wildman–Crippen LogP) is 0.401. The van der Waals surface area contributed by atoms with E-state index in [-0.39, 0.29) is 32.2 Å². The molecule has 0 aromatic rings. The number of aliphatic hydroxyl groups excluding tert-OH is 2. The van der Waals surface area contributed by atoms with E-state index in [9.17, 15) is 0 Å². The van der Waals surface area contributed by atoms with Crippen molar-refractivity contribution in [3.8, 4) is 0 Å². The smallest absolute Gasteiger partial charge is 0.122 e. The Bertz CT molecular complexity index is 110. The molecule has 0 amide bonds. The summed E-state index contributed by atoms with van der Waals surface area (Å²) in [6, 6.07) is 0. The van der Waals surface area contributed by atoms with Crippen molar-refractivity contribution in [1.29, 1.82) is 0 Å². The summed E-state index contributed by atoms with van der Waals surface area (Å²) in [6.07, 6.45) is 2.10. The molecule has 0 bridgehead atoms. The van der Waals surface area contributed by atoms with E-state index in [1.165, 1.54) is 0 Å². The van der Waals surface area contributed by atoms with E-state index in [0.717, 1.165) is 19.4 Å². The fourth-order valence-corrected chi connectivity index (χ4v) is 0.902. The second-order valence-corrected chi connectivity index (χ2v) is 2.88. The van der Waals surface area contributed by atoms with Gasteiger partial charge in [-0.25, -0.2) is 0 Å². The average Bonchev–Trinajstić information content (AvgIpc) is 2.21. The van der Waals surface area contributed by atoms with Crippen molar-refractivity contribution >= 4 is 12.4 Å². The van der Waals surface area contributed by atoms with Crippen molar-refractivity contribution < 1.29 is 19.8 Å². The molecule has 0 unspecified atom stereocenters. The van der Waals surface area contributed by atoms with Gasteiger partial charge in [-0.05, 0) is 6.42 Å². The van der Waals surface area contributed by atoms with Crippen LogP contribution in [0.15, 0.2) is 0 Å². The fraction of sp³-hybridized carbons (Fsp3) is 1.00. The van der Waals surface area contributed by atoms with Crippen LogP contribution in [0.25, 0.3) is 0 Å². The summed E-state index contributed by atoms with van der Waals surface area (Å²) in [5.41, 5.74) is 0. The summed E-state index contributed by atoms with van der Waals surface area (Å²) in [6.45, 7) is 3.82. The summed E-state index contributed by atoms with van der Waals surface area (Å²) < 4.78 is 5.11. The number of ether oxygens (including phenoxy) is 1. The van der Waals surface area contributed by atoms with E-state index in [1.807, 2.05) is 0 Å². The summed E-state index contributed by atoms with van der Waals surface area (Å²) in [7, 11) is 0. The summed E-state index contributed by atoms with van der Waals surface area (Å²) in [5.74, 6) is 0. The van der Waals surface area contributed by atoms with Crippen LogP contribution in [-0.2, 0) is 9.57 Å². The molecule has 2 N–H and O–H groups in total. The highest BCUT2D eigenvalue weighted by Crippen LogP contribution is 1.96. The zero-order chi connectivity index (χ0) is 10.6. The lowest BCUT2D eigenvalue weighted by Gasteiger charge is -2.20. The lowest BCUT2D eigenvalue weighted by atomic mass is 10.3. The minimum Gasteiger partial charge on any atom is -0.394 e. The van der Waals surface area contributed by atoms with Gasteiger partial charge in [0.1, 0.15) is 6.73 Å². The van der Waals surface area contributed by atoms with Gasteiger partial charge in [0.25, 0.3) is 0 Å². The van der Waals surface area contributed by atoms with Crippen molar-refractivity contribution in [3.05, 3.63) is 0 Å². The van der Waals surface area contributed by atoms with Crippen molar-refractivity contribution in [3.63, 3.8) is 0 Å². The molecule has 0 radical (unpaired) electrons. The number of nitrogens with zero attached hydrogens (tertiary/aromatic N) is 1. The third-order valence-electron chi connectivity index (χ3n) is 1.60. The van der Waals surface area contributed by atoms with E-state index in [1.54, 1.807) is 5.06 Å². The number of aliphatic hydroxyl groups is 2. The minimum atomic E-state index is 0. The monoisotopic (exact) mass is 243 g/mol. The molecule has 0 aliphatic heterocycles. The average molecular weight is 244 g/mol. The number of hydroxylamine groups is 2. The molecular weight excluding hydrogens is 222 g/mol. The zero-order valence-electron chi connectivity index (χ0n) is 9.22. The highest BCUT2D eigenvalue weighted by Gasteiger charge is 2.03. The molecular formula is C9H22ClNO4. The molecule has 0 saturated heterocycles. The van der Waals surface area contributed by atoms with Gasteiger partial charge in [0, 0.05) is 6.54 Å². The molecule has 0 aromatic heterocycles. The standard InChI is InChI=1S/C9H21NO4.ClH/c1-2-3-4-10(14-8-6-12)9-13-7-5-11;/h11-12H,2-9H2,1H3;1H. The second kappa shape index (κ2) is 14.1. The molecule has 0 aromatic carbocycles. The van der Waals surface area contributed by atoms with Gasteiger partial charge in [-0.2, -0.15) is 5.06 Å². The Morgan fingerprint density at radius 1 is 1.13 bits per heavy atom. The lowest BCUT2D eigenvalue weighted by Crippen LogP contribution is -2.29. The van der Waals surface area contributed by atoms with Gasteiger partial charge in [-0.3, -0.25) is 4.84 Å². The number of halogens is 1. The Morgan fingerprint density at radius 2 is 1.80 bits per heavy atom. The van der Waals surface area contributed by atoms with Crippen LogP contribution in [0.3, 0.4) is 0 Å². The van der Waals surface area contributed by atoms with Crippen molar-refractivity contribution in [2.24, 2.45) is 0 Å². The SMILES string of the molecule is CCCCN(COCCO)OCCO.Cl. The van der Waals surface area contributed by atoms with Crippen LogP contribution < -0.4 is 0 Å². The van der Waals surface area contributed by atoms with Crippen LogP contribution in [-0.4, -0.2) is 55.0 Å². The lowest BCUT2D eigenvalue weighted by molar-refractivity contribution is -0.214. The maximum absolute atomic E-state index is 8.58. The highest BCUT2D eigenvalue weighted by atomic mass is 35.5. The molecule has 0 fully saturated rings. The molecule has 0 saturated carbocycles. The number of hydrogen-bond donors (Lipinski definition) is 2. The van der Waals surface area contributed by atoms with Crippen LogP contribution in [0.4, 0.5) is 0 Å². The summed E-state index contributed by atoms with van der Waals surface area (Å²) >= 11 is 0. The molecule has 0 heterocycles. The van der Waals surface area contributed by atoms with E-state index in [2.05, 4.69) is 6.92 Å². The molecule has 5 nitrogen and oxygen atoms in total. The Balaban J connectivity index is 0. The first-order valence-electron chi connectivity index (χ1n) is 5.02. The fourth-order valence-electron chi connectivity index (χ4n) is 0.902. The van der Waals surface area contributed by atoms with Gasteiger partial charge in [0.2, 0.25) is 0 Å². The number of unbranched alkanes of at least 4 members (excludes halogenated alkanes) is 1. The normalized spacial score (nSPS) is 10.4. The van der Waals surface area contributed by atoms with E-state index in [4.69, 9.17) is 19.8 Å².